The first kappa shape index (κ1) is 28.2. The van der Waals surface area contributed by atoms with E-state index >= 15 is 0 Å². The first-order chi connectivity index (χ1) is 19.8. The van der Waals surface area contributed by atoms with Gasteiger partial charge in [-0.1, -0.05) is 23.2 Å². The molecule has 0 spiro atoms. The lowest BCUT2D eigenvalue weighted by molar-refractivity contribution is -0.138. The lowest BCUT2D eigenvalue weighted by Crippen LogP contribution is -2.33. The van der Waals surface area contributed by atoms with Gasteiger partial charge in [0.1, 0.15) is 0 Å². The lowest BCUT2D eigenvalue weighted by atomic mass is 9.93. The molecule has 0 radical (unpaired) electrons. The third-order valence-electron chi connectivity index (χ3n) is 8.54. The molecule has 0 bridgehead atoms. The van der Waals surface area contributed by atoms with E-state index < -0.39 is 5.97 Å². The third-order valence-corrected chi connectivity index (χ3v) is 8.98. The second-order valence-corrected chi connectivity index (χ2v) is 12.4. The van der Waals surface area contributed by atoms with Crippen molar-refractivity contribution in [3.8, 4) is 22.9 Å². The van der Waals surface area contributed by atoms with Crippen LogP contribution in [0.1, 0.15) is 31.2 Å². The molecule has 1 N–H and O–H groups in total. The summed E-state index contributed by atoms with van der Waals surface area (Å²) in [5, 5.41) is 10.2. The number of fused-ring (bicyclic) bond motifs is 1. The molecule has 0 aliphatic carbocycles. The van der Waals surface area contributed by atoms with Gasteiger partial charge in [-0.15, -0.1) is 0 Å². The number of benzene rings is 1. The van der Waals surface area contributed by atoms with Gasteiger partial charge >= 0.3 is 5.97 Å². The van der Waals surface area contributed by atoms with Crippen molar-refractivity contribution in [3.05, 3.63) is 58.3 Å². The van der Waals surface area contributed by atoms with Gasteiger partial charge < -0.3 is 19.6 Å². The molecule has 11 heteroatoms. The van der Waals surface area contributed by atoms with E-state index in [0.29, 0.717) is 45.9 Å². The number of hydrogen-bond acceptors (Lipinski definition) is 8. The van der Waals surface area contributed by atoms with Gasteiger partial charge in [-0.25, -0.2) is 15.0 Å². The highest BCUT2D eigenvalue weighted by molar-refractivity contribution is 6.35. The van der Waals surface area contributed by atoms with Crippen molar-refractivity contribution in [2.75, 3.05) is 44.7 Å². The third kappa shape index (κ3) is 6.75. The smallest absolute Gasteiger partial charge is 0.303 e. The highest BCUT2D eigenvalue weighted by atomic mass is 35.5. The maximum absolute atomic E-state index is 11.1. The number of halogens is 2. The number of aromatic nitrogens is 3. The molecular weight excluding hydrogens is 563 g/mol. The van der Waals surface area contributed by atoms with Crippen LogP contribution in [0, 0.1) is 11.8 Å². The standard InChI is InChI=1S/C30H34Cl2N6O3/c1-36-5-4-21-17-38(18-27(21)36)30-33-14-25(15-34-30)41-28-9-20(16-37-6-2-19(3-7-37)10-29(39)40)8-26(35-28)22-11-23(31)13-24(32)12-22/h8-9,11-15,19,21,27H,2-7,10,16-18H2,1H3,(H,39,40)/t21-,27+/m1/s1. The maximum atomic E-state index is 11.1. The van der Waals surface area contributed by atoms with Gasteiger partial charge in [0.25, 0.3) is 0 Å². The zero-order chi connectivity index (χ0) is 28.5. The predicted octanol–water partition coefficient (Wildman–Crippen LogP) is 5.46. The van der Waals surface area contributed by atoms with Crippen molar-refractivity contribution >= 4 is 35.1 Å². The van der Waals surface area contributed by atoms with E-state index in [-0.39, 0.29) is 12.3 Å². The Kier molecular flexibility index (Phi) is 8.30. The molecule has 0 saturated carbocycles. The Morgan fingerprint density at radius 1 is 1.00 bits per heavy atom. The number of likely N-dealkylation sites (N-methyl/N-ethyl adjacent to an activating group) is 1. The summed E-state index contributed by atoms with van der Waals surface area (Å²) in [4.78, 5) is 32.2. The van der Waals surface area contributed by atoms with Crippen LogP contribution in [0.5, 0.6) is 11.6 Å². The highest BCUT2D eigenvalue weighted by Crippen LogP contribution is 2.33. The van der Waals surface area contributed by atoms with Crippen LogP contribution in [0.3, 0.4) is 0 Å². The van der Waals surface area contributed by atoms with E-state index in [0.717, 1.165) is 62.6 Å². The second kappa shape index (κ2) is 12.1. The van der Waals surface area contributed by atoms with Crippen LogP contribution in [0.15, 0.2) is 42.7 Å². The van der Waals surface area contributed by atoms with Crippen LogP contribution in [0.25, 0.3) is 11.3 Å². The molecule has 2 aromatic heterocycles. The molecule has 2 atom stereocenters. The number of anilines is 1. The first-order valence-electron chi connectivity index (χ1n) is 14.2. The Morgan fingerprint density at radius 3 is 2.41 bits per heavy atom. The lowest BCUT2D eigenvalue weighted by Gasteiger charge is -2.31. The molecule has 5 heterocycles. The van der Waals surface area contributed by atoms with Gasteiger partial charge in [0.15, 0.2) is 5.75 Å². The normalized spacial score (nSPS) is 21.8. The number of nitrogens with zero attached hydrogens (tertiary/aromatic N) is 6. The largest absolute Gasteiger partial charge is 0.481 e. The van der Waals surface area contributed by atoms with E-state index in [9.17, 15) is 4.79 Å². The zero-order valence-corrected chi connectivity index (χ0v) is 24.6. The zero-order valence-electron chi connectivity index (χ0n) is 23.0. The van der Waals surface area contributed by atoms with E-state index in [1.165, 1.54) is 6.42 Å². The minimum atomic E-state index is -0.725. The number of ether oxygens (including phenoxy) is 1. The molecule has 0 amide bonds. The fraction of sp³-hybridized carbons (Fsp3) is 0.467. The van der Waals surface area contributed by atoms with Gasteiger partial charge in [-0.2, -0.15) is 0 Å². The molecule has 41 heavy (non-hydrogen) atoms. The minimum Gasteiger partial charge on any atom is -0.481 e. The molecule has 3 saturated heterocycles. The van der Waals surface area contributed by atoms with Gasteiger partial charge in [-0.3, -0.25) is 9.69 Å². The fourth-order valence-electron chi connectivity index (χ4n) is 6.39. The topological polar surface area (TPSA) is 94.9 Å². The van der Waals surface area contributed by atoms with Crippen molar-refractivity contribution in [1.82, 2.24) is 24.8 Å². The van der Waals surface area contributed by atoms with Crippen LogP contribution in [-0.4, -0.2) is 81.6 Å². The number of piperidine rings is 1. The Labute approximate surface area is 250 Å². The van der Waals surface area contributed by atoms with E-state index in [4.69, 9.17) is 38.0 Å². The van der Waals surface area contributed by atoms with Crippen molar-refractivity contribution < 1.29 is 14.6 Å². The summed E-state index contributed by atoms with van der Waals surface area (Å²) in [6, 6.07) is 9.90. The Morgan fingerprint density at radius 2 is 1.73 bits per heavy atom. The van der Waals surface area contributed by atoms with Gasteiger partial charge in [0.2, 0.25) is 11.8 Å². The van der Waals surface area contributed by atoms with Crippen LogP contribution in [0.2, 0.25) is 10.0 Å². The Hall–Kier alpha value is -2.98. The van der Waals surface area contributed by atoms with Crippen LogP contribution >= 0.6 is 23.2 Å². The number of rotatable bonds is 8. The van der Waals surface area contributed by atoms with E-state index in [1.807, 2.05) is 24.3 Å². The van der Waals surface area contributed by atoms with Crippen molar-refractivity contribution in [2.45, 2.75) is 38.3 Å². The molecule has 3 aliphatic rings. The van der Waals surface area contributed by atoms with Crippen molar-refractivity contribution in [3.63, 3.8) is 0 Å². The van der Waals surface area contributed by atoms with E-state index in [2.05, 4.69) is 31.7 Å². The van der Waals surface area contributed by atoms with Gasteiger partial charge in [-0.05, 0) is 87.6 Å². The quantitative estimate of drug-likeness (QED) is 0.363. The van der Waals surface area contributed by atoms with E-state index in [1.54, 1.807) is 18.5 Å². The van der Waals surface area contributed by atoms with Gasteiger partial charge in [0.05, 0.1) is 18.1 Å². The summed E-state index contributed by atoms with van der Waals surface area (Å²) < 4.78 is 6.19. The van der Waals surface area contributed by atoms with Crippen LogP contribution < -0.4 is 9.64 Å². The summed E-state index contributed by atoms with van der Waals surface area (Å²) in [5.41, 5.74) is 2.53. The van der Waals surface area contributed by atoms with Gasteiger partial charge in [0, 0.05) is 53.8 Å². The number of aliphatic carboxylic acids is 1. The average Bonchev–Trinajstić information content (AvgIpc) is 3.51. The Bertz CT molecular complexity index is 1380. The van der Waals surface area contributed by atoms with Crippen LogP contribution in [0.4, 0.5) is 5.95 Å². The molecule has 6 rings (SSSR count). The number of carbonyl (C=O) groups is 1. The molecule has 0 unspecified atom stereocenters. The maximum Gasteiger partial charge on any atom is 0.303 e. The number of hydrogen-bond donors (Lipinski definition) is 1. The molecule has 9 nitrogen and oxygen atoms in total. The molecule has 3 fully saturated rings. The van der Waals surface area contributed by atoms with Crippen molar-refractivity contribution in [1.29, 1.82) is 0 Å². The second-order valence-electron chi connectivity index (χ2n) is 11.5. The predicted molar refractivity (Wildman–Crippen MR) is 159 cm³/mol. The summed E-state index contributed by atoms with van der Waals surface area (Å²) in [5.74, 6) is 1.85. The summed E-state index contributed by atoms with van der Waals surface area (Å²) in [7, 11) is 2.19. The summed E-state index contributed by atoms with van der Waals surface area (Å²) in [6.07, 6.45) is 6.61. The molecule has 1 aromatic carbocycles. The number of carboxylic acids is 1. The molecule has 3 aromatic rings. The fourth-order valence-corrected chi connectivity index (χ4v) is 6.91. The number of carboxylic acid groups (broad SMARTS) is 1. The Balaban J connectivity index is 1.20. The summed E-state index contributed by atoms with van der Waals surface area (Å²) in [6.45, 7) is 5.48. The first-order valence-corrected chi connectivity index (χ1v) is 14.9. The SMILES string of the molecule is CN1CC[C@@H]2CN(c3ncc(Oc4cc(CN5CCC(CC(=O)O)CC5)cc(-c5cc(Cl)cc(Cl)c5)n4)cn3)C[C@@H]21. The average molecular weight is 598 g/mol. The van der Waals surface area contributed by atoms with Crippen molar-refractivity contribution in [2.24, 2.45) is 11.8 Å². The molecule has 3 aliphatic heterocycles. The number of pyridine rings is 1. The highest BCUT2D eigenvalue weighted by Gasteiger charge is 2.40. The monoisotopic (exact) mass is 596 g/mol. The molecular formula is C30H34Cl2N6O3. The van der Waals surface area contributed by atoms with Crippen LogP contribution in [-0.2, 0) is 11.3 Å². The summed E-state index contributed by atoms with van der Waals surface area (Å²) >= 11 is 12.6. The molecule has 216 valence electrons. The minimum absolute atomic E-state index is 0.230. The number of likely N-dealkylation sites (tertiary alicyclic amines) is 2.